The number of fused-ring (bicyclic) bond motifs is 5. The maximum atomic E-state index is 12.0. The van der Waals surface area contributed by atoms with Crippen molar-refractivity contribution in [1.29, 1.82) is 0 Å². The van der Waals surface area contributed by atoms with Crippen LogP contribution in [0.3, 0.4) is 0 Å². The van der Waals surface area contributed by atoms with Gasteiger partial charge in [-0.3, -0.25) is 9.59 Å². The number of aliphatic carboxylic acids is 1. The molecule has 6 nitrogen and oxygen atoms in total. The molecule has 4 saturated carbocycles. The molecule has 10 atom stereocenters. The minimum Gasteiger partial charge on any atom is -0.480 e. The van der Waals surface area contributed by atoms with Gasteiger partial charge in [0, 0.05) is 6.42 Å². The Balaban J connectivity index is 1.44. The number of aliphatic hydroxyl groups is 2. The summed E-state index contributed by atoms with van der Waals surface area (Å²) in [4.78, 5) is 22.7. The Morgan fingerprint density at radius 1 is 1.00 bits per heavy atom. The van der Waals surface area contributed by atoms with Gasteiger partial charge in [0.1, 0.15) is 6.54 Å². The molecule has 6 unspecified atom stereocenters. The maximum absolute atomic E-state index is 12.0. The largest absolute Gasteiger partial charge is 0.480 e. The minimum atomic E-state index is -1.01. The predicted molar refractivity (Wildman–Crippen MR) is 122 cm³/mol. The number of rotatable bonds is 6. The quantitative estimate of drug-likeness (QED) is 0.496. The second-order valence-corrected chi connectivity index (χ2v) is 12.1. The van der Waals surface area contributed by atoms with Crippen LogP contribution in [0.2, 0.25) is 0 Å². The fourth-order valence-electron chi connectivity index (χ4n) is 9.00. The SMILES string of the molecule is CC(CCC(=O)NCC(=O)O)C1CCC2C3C(O)C[C@@H]4C[C@H](O)CC[C@]4(C)C3CC[C@]12C. The van der Waals surface area contributed by atoms with Gasteiger partial charge in [-0.15, -0.1) is 0 Å². The van der Waals surface area contributed by atoms with Crippen LogP contribution in [0.25, 0.3) is 0 Å². The lowest BCUT2D eigenvalue weighted by Crippen LogP contribution is -2.58. The van der Waals surface area contributed by atoms with Gasteiger partial charge < -0.3 is 20.6 Å². The van der Waals surface area contributed by atoms with E-state index in [1.807, 2.05) is 0 Å². The summed E-state index contributed by atoms with van der Waals surface area (Å²) in [5.41, 5.74) is 0.451. The predicted octanol–water partition coefficient (Wildman–Crippen LogP) is 3.59. The average Bonchev–Trinajstić information content (AvgIpc) is 3.09. The van der Waals surface area contributed by atoms with Crippen LogP contribution >= 0.6 is 0 Å². The molecule has 0 aromatic heterocycles. The summed E-state index contributed by atoms with van der Waals surface area (Å²) in [6.45, 7) is 6.83. The van der Waals surface area contributed by atoms with Crippen LogP contribution in [0.1, 0.15) is 85.0 Å². The first-order valence-corrected chi connectivity index (χ1v) is 12.9. The Morgan fingerprint density at radius 3 is 2.41 bits per heavy atom. The van der Waals surface area contributed by atoms with Crippen LogP contribution in [0, 0.1) is 46.3 Å². The average molecular weight is 450 g/mol. The molecular weight excluding hydrogens is 406 g/mol. The molecule has 4 rings (SSSR count). The van der Waals surface area contributed by atoms with Crippen molar-refractivity contribution in [2.75, 3.05) is 6.54 Å². The number of nitrogens with one attached hydrogen (secondary N) is 1. The van der Waals surface area contributed by atoms with Gasteiger partial charge in [0.25, 0.3) is 0 Å². The molecule has 0 aromatic rings. The topological polar surface area (TPSA) is 107 Å². The molecule has 1 amide bonds. The van der Waals surface area contributed by atoms with Crippen molar-refractivity contribution < 1.29 is 24.9 Å². The third kappa shape index (κ3) is 4.11. The zero-order valence-electron chi connectivity index (χ0n) is 20.1. The number of carbonyl (C=O) groups excluding carboxylic acids is 1. The number of hydrogen-bond acceptors (Lipinski definition) is 4. The lowest BCUT2D eigenvalue weighted by Gasteiger charge is -2.62. The van der Waals surface area contributed by atoms with E-state index in [4.69, 9.17) is 5.11 Å². The molecule has 0 bridgehead atoms. The van der Waals surface area contributed by atoms with Crippen molar-refractivity contribution in [2.24, 2.45) is 46.3 Å². The van der Waals surface area contributed by atoms with E-state index in [-0.39, 0.29) is 35.5 Å². The highest BCUT2D eigenvalue weighted by Crippen LogP contribution is 2.68. The van der Waals surface area contributed by atoms with E-state index in [2.05, 4.69) is 26.1 Å². The first kappa shape index (κ1) is 24.0. The Morgan fingerprint density at radius 2 is 1.69 bits per heavy atom. The number of carboxylic acid groups (broad SMARTS) is 1. The summed E-state index contributed by atoms with van der Waals surface area (Å²) < 4.78 is 0. The molecule has 0 aromatic carbocycles. The lowest BCUT2D eigenvalue weighted by atomic mass is 9.43. The van der Waals surface area contributed by atoms with E-state index >= 15 is 0 Å². The van der Waals surface area contributed by atoms with Crippen molar-refractivity contribution in [3.63, 3.8) is 0 Å². The van der Waals surface area contributed by atoms with E-state index in [0.29, 0.717) is 41.9 Å². The Labute approximate surface area is 192 Å². The van der Waals surface area contributed by atoms with Crippen molar-refractivity contribution in [3.05, 3.63) is 0 Å². The second kappa shape index (κ2) is 8.90. The number of carbonyl (C=O) groups is 2. The molecule has 0 heterocycles. The van der Waals surface area contributed by atoms with E-state index in [0.717, 1.165) is 44.9 Å². The zero-order chi connectivity index (χ0) is 23.3. The molecule has 4 aliphatic carbocycles. The summed E-state index contributed by atoms with van der Waals surface area (Å²) in [7, 11) is 0. The van der Waals surface area contributed by atoms with Gasteiger partial charge >= 0.3 is 5.97 Å². The van der Waals surface area contributed by atoms with Crippen molar-refractivity contribution in [1.82, 2.24) is 5.32 Å². The van der Waals surface area contributed by atoms with E-state index in [1.165, 1.54) is 12.8 Å². The molecule has 4 N–H and O–H groups in total. The van der Waals surface area contributed by atoms with Gasteiger partial charge in [-0.2, -0.15) is 0 Å². The number of hydrogen-bond donors (Lipinski definition) is 4. The summed E-state index contributed by atoms with van der Waals surface area (Å²) in [6.07, 6.45) is 9.06. The van der Waals surface area contributed by atoms with Crippen molar-refractivity contribution >= 4 is 11.9 Å². The van der Waals surface area contributed by atoms with Crippen molar-refractivity contribution in [2.45, 2.75) is 97.2 Å². The highest BCUT2D eigenvalue weighted by molar-refractivity contribution is 5.81. The summed E-state index contributed by atoms with van der Waals surface area (Å²) in [5.74, 6) is 1.66. The fraction of sp³-hybridized carbons (Fsp3) is 0.923. The Kier molecular flexibility index (Phi) is 6.68. The normalized spacial score (nSPS) is 46.5. The third-order valence-electron chi connectivity index (χ3n) is 10.7. The van der Waals surface area contributed by atoms with Gasteiger partial charge in [-0.05, 0) is 104 Å². The van der Waals surface area contributed by atoms with E-state index in [1.54, 1.807) is 0 Å². The molecule has 6 heteroatoms. The molecule has 32 heavy (non-hydrogen) atoms. The number of aliphatic hydroxyl groups excluding tert-OH is 2. The van der Waals surface area contributed by atoms with Crippen LogP contribution in [-0.2, 0) is 9.59 Å². The number of amides is 1. The fourth-order valence-corrected chi connectivity index (χ4v) is 9.00. The highest BCUT2D eigenvalue weighted by Gasteiger charge is 2.62. The highest BCUT2D eigenvalue weighted by atomic mass is 16.4. The van der Waals surface area contributed by atoms with Crippen LogP contribution in [-0.4, -0.2) is 45.9 Å². The molecular formula is C26H43NO5. The van der Waals surface area contributed by atoms with E-state index < -0.39 is 5.97 Å². The monoisotopic (exact) mass is 449 g/mol. The summed E-state index contributed by atoms with van der Waals surface area (Å²) in [6, 6.07) is 0. The molecule has 0 spiro atoms. The van der Waals surface area contributed by atoms with Gasteiger partial charge in [0.15, 0.2) is 0 Å². The standard InChI is InChI=1S/C26H43NO5/c1-15(4-7-22(30)27-14-23(31)32)18-5-6-19-24-20(9-11-26(18,19)3)25(2)10-8-17(28)12-16(25)13-21(24)29/h15-21,24,28-29H,4-14H2,1-3H3,(H,27,30)(H,31,32)/t15?,16-,17+,18?,19?,20?,21?,24?,25-,26+/m0/s1. The maximum Gasteiger partial charge on any atom is 0.322 e. The van der Waals surface area contributed by atoms with Gasteiger partial charge in [-0.1, -0.05) is 20.8 Å². The lowest BCUT2D eigenvalue weighted by molar-refractivity contribution is -0.174. The summed E-state index contributed by atoms with van der Waals surface area (Å²) >= 11 is 0. The molecule has 182 valence electrons. The Bertz CT molecular complexity index is 727. The van der Waals surface area contributed by atoms with Gasteiger partial charge in [0.05, 0.1) is 12.2 Å². The second-order valence-electron chi connectivity index (χ2n) is 12.1. The van der Waals surface area contributed by atoms with Crippen LogP contribution in [0.4, 0.5) is 0 Å². The van der Waals surface area contributed by atoms with Crippen molar-refractivity contribution in [3.8, 4) is 0 Å². The van der Waals surface area contributed by atoms with E-state index in [9.17, 15) is 19.8 Å². The number of carboxylic acids is 1. The molecule has 4 aliphatic rings. The smallest absolute Gasteiger partial charge is 0.322 e. The van der Waals surface area contributed by atoms with Crippen LogP contribution in [0.5, 0.6) is 0 Å². The van der Waals surface area contributed by atoms with Crippen LogP contribution < -0.4 is 5.32 Å². The molecule has 4 fully saturated rings. The molecule has 0 radical (unpaired) electrons. The van der Waals surface area contributed by atoms with Gasteiger partial charge in [-0.25, -0.2) is 0 Å². The molecule has 0 saturated heterocycles. The molecule has 0 aliphatic heterocycles. The minimum absolute atomic E-state index is 0.177. The Hall–Kier alpha value is -1.14. The summed E-state index contributed by atoms with van der Waals surface area (Å²) in [5, 5.41) is 32.8. The third-order valence-corrected chi connectivity index (χ3v) is 10.7. The van der Waals surface area contributed by atoms with Crippen LogP contribution in [0.15, 0.2) is 0 Å². The first-order valence-electron chi connectivity index (χ1n) is 12.9. The first-order chi connectivity index (χ1) is 15.1. The zero-order valence-corrected chi connectivity index (χ0v) is 20.1. The van der Waals surface area contributed by atoms with Gasteiger partial charge in [0.2, 0.25) is 5.91 Å².